The third kappa shape index (κ3) is 5.06. The zero-order chi connectivity index (χ0) is 14.3. The van der Waals surface area contributed by atoms with Crippen LogP contribution in [0.4, 0.5) is 0 Å². The lowest BCUT2D eigenvalue weighted by Crippen LogP contribution is -2.40. The van der Waals surface area contributed by atoms with Crippen molar-refractivity contribution in [2.24, 2.45) is 0 Å². The van der Waals surface area contributed by atoms with Gasteiger partial charge in [-0.2, -0.15) is 0 Å². The average molecular weight is 269 g/mol. The van der Waals surface area contributed by atoms with E-state index in [4.69, 9.17) is 14.6 Å². The molecule has 5 nitrogen and oxygen atoms in total. The SMILES string of the molecule is CCOc1cc(CNCC(C)(O)CO)ccc1OC. The molecule has 0 heterocycles. The standard InChI is InChI=1S/C14H23NO4/c1-4-19-13-7-11(5-6-12(13)18-3)8-15-9-14(2,17)10-16/h5-7,15-17H,4,8-10H2,1-3H3. The van der Waals surface area contributed by atoms with Crippen molar-refractivity contribution in [2.45, 2.75) is 26.0 Å². The zero-order valence-electron chi connectivity index (χ0n) is 11.8. The molecule has 3 N–H and O–H groups in total. The van der Waals surface area contributed by atoms with Crippen LogP contribution in [-0.4, -0.2) is 42.7 Å². The molecule has 1 rings (SSSR count). The van der Waals surface area contributed by atoms with Crippen LogP contribution in [0.3, 0.4) is 0 Å². The maximum atomic E-state index is 9.67. The van der Waals surface area contributed by atoms with Gasteiger partial charge < -0.3 is 25.0 Å². The Balaban J connectivity index is 2.61. The van der Waals surface area contributed by atoms with Gasteiger partial charge in [0.1, 0.15) is 0 Å². The smallest absolute Gasteiger partial charge is 0.161 e. The van der Waals surface area contributed by atoms with Gasteiger partial charge in [-0.05, 0) is 31.5 Å². The fraction of sp³-hybridized carbons (Fsp3) is 0.571. The van der Waals surface area contributed by atoms with Gasteiger partial charge in [0.25, 0.3) is 0 Å². The van der Waals surface area contributed by atoms with Gasteiger partial charge in [-0.3, -0.25) is 0 Å². The molecule has 19 heavy (non-hydrogen) atoms. The van der Waals surface area contributed by atoms with Gasteiger partial charge in [0, 0.05) is 13.1 Å². The number of aliphatic hydroxyl groups excluding tert-OH is 1. The van der Waals surface area contributed by atoms with Crippen molar-refractivity contribution in [3.8, 4) is 11.5 Å². The highest BCUT2D eigenvalue weighted by molar-refractivity contribution is 5.42. The lowest BCUT2D eigenvalue weighted by Gasteiger charge is -2.20. The van der Waals surface area contributed by atoms with E-state index in [1.807, 2.05) is 25.1 Å². The molecule has 0 amide bonds. The van der Waals surface area contributed by atoms with E-state index in [0.29, 0.717) is 31.2 Å². The normalized spacial score (nSPS) is 13.9. The predicted octanol–water partition coefficient (Wildman–Crippen LogP) is 0.927. The third-order valence-electron chi connectivity index (χ3n) is 2.70. The molecule has 0 aliphatic carbocycles. The largest absolute Gasteiger partial charge is 0.493 e. The second-order valence-corrected chi connectivity index (χ2v) is 4.68. The Labute approximate surface area is 114 Å². The van der Waals surface area contributed by atoms with E-state index in [2.05, 4.69) is 5.32 Å². The monoisotopic (exact) mass is 269 g/mol. The van der Waals surface area contributed by atoms with Gasteiger partial charge >= 0.3 is 0 Å². The van der Waals surface area contributed by atoms with Crippen LogP contribution >= 0.6 is 0 Å². The van der Waals surface area contributed by atoms with Gasteiger partial charge in [0.05, 0.1) is 25.9 Å². The molecule has 0 fully saturated rings. The van der Waals surface area contributed by atoms with Crippen molar-refractivity contribution >= 4 is 0 Å². The second kappa shape index (κ2) is 7.33. The molecule has 0 saturated carbocycles. The van der Waals surface area contributed by atoms with Crippen LogP contribution in [0.1, 0.15) is 19.4 Å². The number of hydrogen-bond donors (Lipinski definition) is 3. The zero-order valence-corrected chi connectivity index (χ0v) is 11.8. The molecule has 1 aromatic carbocycles. The summed E-state index contributed by atoms with van der Waals surface area (Å²) in [6.45, 7) is 4.71. The van der Waals surface area contributed by atoms with E-state index in [9.17, 15) is 5.11 Å². The summed E-state index contributed by atoms with van der Waals surface area (Å²) in [5.41, 5.74) is -0.0760. The number of rotatable bonds is 8. The molecule has 0 aliphatic rings. The minimum atomic E-state index is -1.10. The highest BCUT2D eigenvalue weighted by Crippen LogP contribution is 2.27. The summed E-state index contributed by atoms with van der Waals surface area (Å²) in [6.07, 6.45) is 0. The summed E-state index contributed by atoms with van der Waals surface area (Å²) in [4.78, 5) is 0. The second-order valence-electron chi connectivity index (χ2n) is 4.68. The lowest BCUT2D eigenvalue weighted by molar-refractivity contribution is 0.00253. The highest BCUT2D eigenvalue weighted by Gasteiger charge is 2.17. The van der Waals surface area contributed by atoms with Crippen LogP contribution in [-0.2, 0) is 6.54 Å². The van der Waals surface area contributed by atoms with Crippen molar-refractivity contribution in [1.29, 1.82) is 0 Å². The summed E-state index contributed by atoms with van der Waals surface area (Å²) in [5.74, 6) is 1.41. The summed E-state index contributed by atoms with van der Waals surface area (Å²) in [5, 5.41) is 21.7. The Morgan fingerprint density at radius 1 is 1.32 bits per heavy atom. The van der Waals surface area contributed by atoms with Crippen molar-refractivity contribution in [1.82, 2.24) is 5.32 Å². The van der Waals surface area contributed by atoms with Crippen molar-refractivity contribution in [3.05, 3.63) is 23.8 Å². The number of ether oxygens (including phenoxy) is 2. The summed E-state index contributed by atoms with van der Waals surface area (Å²) < 4.78 is 10.7. The van der Waals surface area contributed by atoms with E-state index in [1.54, 1.807) is 14.0 Å². The Morgan fingerprint density at radius 3 is 2.63 bits per heavy atom. The first-order valence-electron chi connectivity index (χ1n) is 6.36. The molecular formula is C14H23NO4. The molecule has 1 atom stereocenters. The Bertz CT molecular complexity index is 393. The van der Waals surface area contributed by atoms with Crippen LogP contribution in [0.25, 0.3) is 0 Å². The third-order valence-corrected chi connectivity index (χ3v) is 2.70. The molecule has 1 aromatic rings. The number of nitrogens with one attached hydrogen (secondary N) is 1. The van der Waals surface area contributed by atoms with Gasteiger partial charge in [0.2, 0.25) is 0 Å². The van der Waals surface area contributed by atoms with Crippen LogP contribution in [0.2, 0.25) is 0 Å². The van der Waals surface area contributed by atoms with Crippen LogP contribution in [0.5, 0.6) is 11.5 Å². The predicted molar refractivity (Wildman–Crippen MR) is 73.6 cm³/mol. The Hall–Kier alpha value is -1.30. The molecule has 0 bridgehead atoms. The summed E-state index contributed by atoms with van der Waals surface area (Å²) in [7, 11) is 1.61. The van der Waals surface area contributed by atoms with E-state index in [1.165, 1.54) is 0 Å². The van der Waals surface area contributed by atoms with Crippen molar-refractivity contribution in [2.75, 3.05) is 26.9 Å². The van der Waals surface area contributed by atoms with E-state index >= 15 is 0 Å². The van der Waals surface area contributed by atoms with Gasteiger partial charge in [-0.25, -0.2) is 0 Å². The first-order valence-corrected chi connectivity index (χ1v) is 6.36. The molecule has 0 aliphatic heterocycles. The maximum Gasteiger partial charge on any atom is 0.161 e. The Kier molecular flexibility index (Phi) is 6.08. The fourth-order valence-electron chi connectivity index (χ4n) is 1.63. The maximum absolute atomic E-state index is 9.67. The molecule has 0 aromatic heterocycles. The minimum Gasteiger partial charge on any atom is -0.493 e. The molecule has 0 saturated heterocycles. The van der Waals surface area contributed by atoms with Crippen molar-refractivity contribution in [3.63, 3.8) is 0 Å². The first kappa shape index (κ1) is 15.8. The minimum absolute atomic E-state index is 0.271. The molecule has 5 heteroatoms. The number of aliphatic hydroxyl groups is 2. The first-order chi connectivity index (χ1) is 9.02. The number of methoxy groups -OCH3 is 1. The van der Waals surface area contributed by atoms with E-state index in [0.717, 1.165) is 5.56 Å². The Morgan fingerprint density at radius 2 is 2.05 bits per heavy atom. The molecule has 1 unspecified atom stereocenters. The lowest BCUT2D eigenvalue weighted by atomic mass is 10.1. The van der Waals surface area contributed by atoms with Gasteiger partial charge in [-0.1, -0.05) is 6.07 Å². The number of hydrogen-bond acceptors (Lipinski definition) is 5. The van der Waals surface area contributed by atoms with Crippen LogP contribution in [0.15, 0.2) is 18.2 Å². The van der Waals surface area contributed by atoms with E-state index < -0.39 is 5.60 Å². The van der Waals surface area contributed by atoms with Crippen LogP contribution < -0.4 is 14.8 Å². The fourth-order valence-corrected chi connectivity index (χ4v) is 1.63. The number of benzene rings is 1. The highest BCUT2D eigenvalue weighted by atomic mass is 16.5. The molecule has 0 radical (unpaired) electrons. The average Bonchev–Trinajstić information content (AvgIpc) is 2.39. The molecule has 0 spiro atoms. The van der Waals surface area contributed by atoms with Crippen molar-refractivity contribution < 1.29 is 19.7 Å². The quantitative estimate of drug-likeness (QED) is 0.655. The summed E-state index contributed by atoms with van der Waals surface area (Å²) in [6, 6.07) is 5.69. The van der Waals surface area contributed by atoms with E-state index in [-0.39, 0.29) is 6.61 Å². The van der Waals surface area contributed by atoms with Gasteiger partial charge in [-0.15, -0.1) is 0 Å². The van der Waals surface area contributed by atoms with Gasteiger partial charge in [0.15, 0.2) is 11.5 Å². The van der Waals surface area contributed by atoms with Crippen LogP contribution in [0, 0.1) is 0 Å². The molecule has 108 valence electrons. The summed E-state index contributed by atoms with van der Waals surface area (Å²) >= 11 is 0. The topological polar surface area (TPSA) is 71.0 Å². The molecular weight excluding hydrogens is 246 g/mol.